The first kappa shape index (κ1) is 16.4. The summed E-state index contributed by atoms with van der Waals surface area (Å²) in [6.07, 6.45) is 3.51. The van der Waals surface area contributed by atoms with Gasteiger partial charge in [0.1, 0.15) is 0 Å². The summed E-state index contributed by atoms with van der Waals surface area (Å²) >= 11 is 0. The summed E-state index contributed by atoms with van der Waals surface area (Å²) in [5.74, 6) is 0.0611. The molecule has 0 spiro atoms. The van der Waals surface area contributed by atoms with E-state index in [-0.39, 0.29) is 17.5 Å². The van der Waals surface area contributed by atoms with E-state index >= 15 is 0 Å². The van der Waals surface area contributed by atoms with Gasteiger partial charge in [-0.1, -0.05) is 56.0 Å². The third-order valence-corrected chi connectivity index (χ3v) is 8.53. The summed E-state index contributed by atoms with van der Waals surface area (Å²) in [6.45, 7) is 6.66. The Bertz CT molecular complexity index is 773. The number of pyridine rings is 1. The lowest BCUT2D eigenvalue weighted by atomic mass is 10.2. The van der Waals surface area contributed by atoms with Crippen LogP contribution in [0.3, 0.4) is 0 Å². The van der Waals surface area contributed by atoms with Crippen LogP contribution >= 0.6 is 0 Å². The highest BCUT2D eigenvalue weighted by Gasteiger charge is 2.60. The molecular formula is C17H22N2O2SSi. The molecule has 23 heavy (non-hydrogen) atoms. The zero-order chi connectivity index (χ0) is 16.7. The standard InChI is InChI=1S/C17H22N2O2SSi/c1-23(2,3)17-16(15-10-7-11-18-12-15)19(17)22(20,21)13-14-8-5-4-6-9-14/h4-12,16-17H,13H2,1-3H3/t16-,17+,19?/m0/s1. The van der Waals surface area contributed by atoms with E-state index in [1.165, 1.54) is 0 Å². The molecule has 1 aromatic carbocycles. The lowest BCUT2D eigenvalue weighted by molar-refractivity contribution is 0.550. The fourth-order valence-corrected chi connectivity index (χ4v) is 8.58. The summed E-state index contributed by atoms with van der Waals surface area (Å²) in [5, 5.41) is 0. The van der Waals surface area contributed by atoms with Crippen molar-refractivity contribution in [3.63, 3.8) is 0 Å². The molecule has 2 aromatic rings. The Kier molecular flexibility index (Phi) is 4.16. The molecule has 122 valence electrons. The van der Waals surface area contributed by atoms with E-state index in [0.717, 1.165) is 11.1 Å². The average Bonchev–Trinajstić information content (AvgIpc) is 3.25. The van der Waals surface area contributed by atoms with Crippen LogP contribution < -0.4 is 0 Å². The Morgan fingerprint density at radius 3 is 2.35 bits per heavy atom. The zero-order valence-electron chi connectivity index (χ0n) is 13.7. The maximum atomic E-state index is 12.9. The van der Waals surface area contributed by atoms with E-state index in [4.69, 9.17) is 0 Å². The topological polar surface area (TPSA) is 50.0 Å². The van der Waals surface area contributed by atoms with Gasteiger partial charge < -0.3 is 0 Å². The van der Waals surface area contributed by atoms with Gasteiger partial charge in [-0.2, -0.15) is 4.31 Å². The van der Waals surface area contributed by atoms with Crippen LogP contribution in [-0.2, 0) is 15.8 Å². The van der Waals surface area contributed by atoms with Crippen molar-refractivity contribution in [2.45, 2.75) is 37.1 Å². The Hall–Kier alpha value is -1.50. The molecule has 0 bridgehead atoms. The number of hydrogen-bond donors (Lipinski definition) is 0. The number of nitrogens with zero attached hydrogens (tertiary/aromatic N) is 2. The predicted octanol–water partition coefficient (Wildman–Crippen LogP) is 3.21. The predicted molar refractivity (Wildman–Crippen MR) is 95.0 cm³/mol. The summed E-state index contributed by atoms with van der Waals surface area (Å²) in [4.78, 5) is 4.16. The van der Waals surface area contributed by atoms with Gasteiger partial charge in [0.15, 0.2) is 0 Å². The van der Waals surface area contributed by atoms with E-state index < -0.39 is 18.1 Å². The number of aromatic nitrogens is 1. The molecule has 0 saturated carbocycles. The maximum Gasteiger partial charge on any atom is 0.218 e. The average molecular weight is 347 g/mol. The maximum absolute atomic E-state index is 12.9. The Balaban J connectivity index is 1.90. The summed E-state index contributed by atoms with van der Waals surface area (Å²) < 4.78 is 27.6. The highest BCUT2D eigenvalue weighted by atomic mass is 32.2. The molecule has 4 nitrogen and oxygen atoms in total. The molecule has 1 aliphatic rings. The van der Waals surface area contributed by atoms with Crippen LogP contribution in [0.25, 0.3) is 0 Å². The van der Waals surface area contributed by atoms with E-state index in [1.54, 1.807) is 16.7 Å². The molecule has 1 aromatic heterocycles. The van der Waals surface area contributed by atoms with E-state index in [2.05, 4.69) is 24.6 Å². The summed E-state index contributed by atoms with van der Waals surface area (Å²) in [6, 6.07) is 13.2. The number of hydrogen-bond acceptors (Lipinski definition) is 3. The molecule has 0 amide bonds. The van der Waals surface area contributed by atoms with Crippen LogP contribution in [0.4, 0.5) is 0 Å². The van der Waals surface area contributed by atoms with Crippen molar-refractivity contribution in [3.05, 3.63) is 66.0 Å². The van der Waals surface area contributed by atoms with Crippen molar-refractivity contribution in [1.29, 1.82) is 0 Å². The molecular weight excluding hydrogens is 324 g/mol. The SMILES string of the molecule is C[Si](C)(C)[C@@H]1[C@H](c2cccnc2)N1S(=O)(=O)Cc1ccccc1. The van der Waals surface area contributed by atoms with Crippen LogP contribution in [0.15, 0.2) is 54.9 Å². The molecule has 1 saturated heterocycles. The van der Waals surface area contributed by atoms with Crippen LogP contribution in [0, 0.1) is 0 Å². The fraction of sp³-hybridized carbons (Fsp3) is 0.353. The van der Waals surface area contributed by atoms with Gasteiger partial charge in [0.25, 0.3) is 0 Å². The molecule has 0 aliphatic carbocycles. The van der Waals surface area contributed by atoms with E-state index in [1.807, 2.05) is 42.5 Å². The second kappa shape index (κ2) is 5.85. The Morgan fingerprint density at radius 1 is 1.09 bits per heavy atom. The van der Waals surface area contributed by atoms with Crippen molar-refractivity contribution in [2.75, 3.05) is 0 Å². The second-order valence-corrected chi connectivity index (χ2v) is 14.3. The minimum absolute atomic E-state index is 0.0518. The first-order chi connectivity index (χ1) is 10.8. The minimum Gasteiger partial charge on any atom is -0.264 e. The van der Waals surface area contributed by atoms with Gasteiger partial charge in [-0.25, -0.2) is 8.42 Å². The monoisotopic (exact) mass is 346 g/mol. The first-order valence-electron chi connectivity index (χ1n) is 7.76. The van der Waals surface area contributed by atoms with Gasteiger partial charge >= 0.3 is 0 Å². The van der Waals surface area contributed by atoms with Gasteiger partial charge in [-0.15, -0.1) is 0 Å². The number of rotatable bonds is 5. The third kappa shape index (κ3) is 3.39. The highest BCUT2D eigenvalue weighted by Crippen LogP contribution is 2.50. The molecule has 1 aliphatic heterocycles. The Labute approximate surface area is 139 Å². The molecule has 1 fully saturated rings. The van der Waals surface area contributed by atoms with Gasteiger partial charge in [0, 0.05) is 18.1 Å². The zero-order valence-corrected chi connectivity index (χ0v) is 15.5. The van der Waals surface area contributed by atoms with Crippen LogP contribution in [0.5, 0.6) is 0 Å². The molecule has 1 unspecified atom stereocenters. The number of sulfonamides is 1. The molecule has 6 heteroatoms. The molecule has 3 atom stereocenters. The molecule has 0 N–H and O–H groups in total. The molecule has 3 rings (SSSR count). The molecule has 2 heterocycles. The van der Waals surface area contributed by atoms with E-state index in [9.17, 15) is 8.42 Å². The second-order valence-electron chi connectivity index (χ2n) is 7.11. The van der Waals surface area contributed by atoms with Gasteiger partial charge in [0.05, 0.1) is 19.9 Å². The van der Waals surface area contributed by atoms with Crippen molar-refractivity contribution in [3.8, 4) is 0 Å². The highest BCUT2D eigenvalue weighted by molar-refractivity contribution is 7.88. The van der Waals surface area contributed by atoms with E-state index in [0.29, 0.717) is 0 Å². The minimum atomic E-state index is -3.33. The van der Waals surface area contributed by atoms with Crippen LogP contribution in [-0.4, -0.2) is 31.4 Å². The van der Waals surface area contributed by atoms with Crippen molar-refractivity contribution >= 4 is 18.1 Å². The summed E-state index contributed by atoms with van der Waals surface area (Å²) in [5.41, 5.74) is 1.94. The smallest absolute Gasteiger partial charge is 0.218 e. The number of benzene rings is 1. The fourth-order valence-electron chi connectivity index (χ4n) is 3.15. The third-order valence-electron chi connectivity index (χ3n) is 4.18. The Morgan fingerprint density at radius 2 is 1.78 bits per heavy atom. The largest absolute Gasteiger partial charge is 0.264 e. The normalized spacial score (nSPS) is 24.4. The van der Waals surface area contributed by atoms with Crippen molar-refractivity contribution in [1.82, 2.24) is 9.29 Å². The quantitative estimate of drug-likeness (QED) is 0.617. The van der Waals surface area contributed by atoms with Crippen LogP contribution in [0.1, 0.15) is 17.2 Å². The first-order valence-corrected chi connectivity index (χ1v) is 12.9. The lowest BCUT2D eigenvalue weighted by Crippen LogP contribution is -2.33. The van der Waals surface area contributed by atoms with Gasteiger partial charge in [-0.3, -0.25) is 4.98 Å². The van der Waals surface area contributed by atoms with Gasteiger partial charge in [-0.05, 0) is 17.2 Å². The van der Waals surface area contributed by atoms with Crippen molar-refractivity contribution in [2.24, 2.45) is 0 Å². The summed E-state index contributed by atoms with van der Waals surface area (Å²) in [7, 11) is -4.97. The lowest BCUT2D eigenvalue weighted by Gasteiger charge is -2.15. The van der Waals surface area contributed by atoms with Crippen molar-refractivity contribution < 1.29 is 8.42 Å². The molecule has 0 radical (unpaired) electrons. The van der Waals surface area contributed by atoms with Gasteiger partial charge in [0.2, 0.25) is 10.0 Å². The van der Waals surface area contributed by atoms with Crippen LogP contribution in [0.2, 0.25) is 19.6 Å².